The summed E-state index contributed by atoms with van der Waals surface area (Å²) >= 11 is 12.7. The zero-order valence-electron chi connectivity index (χ0n) is 20.9. The number of nitrogens with zero attached hydrogens (tertiary/aromatic N) is 3. The van der Waals surface area contributed by atoms with Crippen molar-refractivity contribution in [1.82, 2.24) is 19.8 Å². The average Bonchev–Trinajstić information content (AvgIpc) is 3.23. The second-order valence-electron chi connectivity index (χ2n) is 8.42. The number of ether oxygens (including phenoxy) is 2. The molecule has 0 spiro atoms. The molecular formula is C24H25Cl2N5O6S. The van der Waals surface area contributed by atoms with E-state index < -0.39 is 28.1 Å². The number of hydroxylamine groups is 1. The minimum absolute atomic E-state index is 0.0648. The number of fused-ring (bicyclic) bond motifs is 1. The van der Waals surface area contributed by atoms with Crippen molar-refractivity contribution in [3.63, 3.8) is 0 Å². The Morgan fingerprint density at radius 1 is 1.16 bits per heavy atom. The van der Waals surface area contributed by atoms with Gasteiger partial charge in [0.25, 0.3) is 5.91 Å². The highest BCUT2D eigenvalue weighted by molar-refractivity contribution is 7.88. The molecule has 0 unspecified atom stereocenters. The number of hydrogen-bond acceptors (Lipinski definition) is 9. The highest BCUT2D eigenvalue weighted by Gasteiger charge is 2.40. The highest BCUT2D eigenvalue weighted by Crippen LogP contribution is 2.40. The standard InChI is InChI=1S/C24H25Cl2N5O6S/c1-31(38(4,33)34)21-14-8-6-5-7-13(14)9-20(21)37-23-17(26)12-27-24(29-23)28-18-11-16(25)15(10-19(18)35-2)22(32)30-36-3/h5-8,10-12,20-21H,9H2,1-4H3,(H,30,32)(H,27,28,29)/t20-,21-/m1/s1. The van der Waals surface area contributed by atoms with Crippen molar-refractivity contribution in [3.8, 4) is 11.6 Å². The lowest BCUT2D eigenvalue weighted by Gasteiger charge is -2.28. The third-order valence-electron chi connectivity index (χ3n) is 6.01. The fraction of sp³-hybridized carbons (Fsp3) is 0.292. The Bertz CT molecular complexity index is 1470. The fourth-order valence-electron chi connectivity index (χ4n) is 4.18. The number of halogens is 2. The van der Waals surface area contributed by atoms with Crippen LogP contribution in [0.15, 0.2) is 42.6 Å². The number of rotatable bonds is 9. The first-order chi connectivity index (χ1) is 18.0. The van der Waals surface area contributed by atoms with E-state index in [1.165, 1.54) is 43.9 Å². The van der Waals surface area contributed by atoms with Gasteiger partial charge in [0.15, 0.2) is 0 Å². The van der Waals surface area contributed by atoms with Gasteiger partial charge in [-0.3, -0.25) is 9.63 Å². The SMILES string of the molecule is CONC(=O)c1cc(OC)c(Nc2ncc(Cl)c(O[C@@H]3Cc4ccccc4[C@H]3N(C)S(C)(=O)=O)n2)cc1Cl. The molecule has 3 aromatic rings. The second kappa shape index (κ2) is 11.3. The van der Waals surface area contributed by atoms with Crippen molar-refractivity contribution in [2.75, 3.05) is 32.8 Å². The van der Waals surface area contributed by atoms with Gasteiger partial charge in [-0.05, 0) is 23.3 Å². The third-order valence-corrected chi connectivity index (χ3v) is 7.86. The highest BCUT2D eigenvalue weighted by atomic mass is 35.5. The molecular weight excluding hydrogens is 557 g/mol. The van der Waals surface area contributed by atoms with Gasteiger partial charge in [-0.25, -0.2) is 18.9 Å². The predicted octanol–water partition coefficient (Wildman–Crippen LogP) is 3.76. The van der Waals surface area contributed by atoms with E-state index in [-0.39, 0.29) is 33.2 Å². The van der Waals surface area contributed by atoms with E-state index in [0.29, 0.717) is 12.1 Å². The Hall–Kier alpha value is -3.16. The minimum atomic E-state index is -3.53. The molecule has 0 bridgehead atoms. The Balaban J connectivity index is 1.63. The van der Waals surface area contributed by atoms with Crippen LogP contribution in [0.5, 0.6) is 11.6 Å². The Morgan fingerprint density at radius 3 is 2.58 bits per heavy atom. The van der Waals surface area contributed by atoms with Crippen LogP contribution in [0.25, 0.3) is 0 Å². The smallest absolute Gasteiger partial charge is 0.276 e. The molecule has 1 aliphatic carbocycles. The van der Waals surface area contributed by atoms with Crippen LogP contribution < -0.4 is 20.3 Å². The first-order valence-corrected chi connectivity index (χ1v) is 13.8. The number of sulfonamides is 1. The van der Waals surface area contributed by atoms with Gasteiger partial charge in [0.1, 0.15) is 16.9 Å². The molecule has 1 aliphatic rings. The molecule has 1 heterocycles. The summed E-state index contributed by atoms with van der Waals surface area (Å²) in [6.45, 7) is 0. The Labute approximate surface area is 230 Å². The van der Waals surface area contributed by atoms with Crippen molar-refractivity contribution < 1.29 is 27.5 Å². The Morgan fingerprint density at radius 2 is 1.89 bits per heavy atom. The molecule has 0 saturated heterocycles. The van der Waals surface area contributed by atoms with Crippen LogP contribution in [-0.4, -0.2) is 62.2 Å². The predicted molar refractivity (Wildman–Crippen MR) is 143 cm³/mol. The van der Waals surface area contributed by atoms with E-state index in [0.717, 1.165) is 17.4 Å². The van der Waals surface area contributed by atoms with Crippen LogP contribution >= 0.6 is 23.2 Å². The van der Waals surface area contributed by atoms with E-state index in [1.54, 1.807) is 0 Å². The summed E-state index contributed by atoms with van der Waals surface area (Å²) in [5.41, 5.74) is 4.54. The number of anilines is 2. The number of benzene rings is 2. The molecule has 38 heavy (non-hydrogen) atoms. The molecule has 1 aromatic heterocycles. The second-order valence-corrected chi connectivity index (χ2v) is 11.3. The molecule has 0 aliphatic heterocycles. The lowest BCUT2D eigenvalue weighted by molar-refractivity contribution is 0.0537. The van der Waals surface area contributed by atoms with Gasteiger partial charge in [0.2, 0.25) is 21.9 Å². The molecule has 0 radical (unpaired) electrons. The van der Waals surface area contributed by atoms with Crippen LogP contribution in [0, 0.1) is 0 Å². The molecule has 2 atom stereocenters. The molecule has 2 aromatic carbocycles. The molecule has 0 fully saturated rings. The van der Waals surface area contributed by atoms with Gasteiger partial charge >= 0.3 is 0 Å². The van der Waals surface area contributed by atoms with Gasteiger partial charge < -0.3 is 14.8 Å². The molecule has 1 amide bonds. The topological polar surface area (TPSA) is 132 Å². The van der Waals surface area contributed by atoms with Crippen LogP contribution in [0.3, 0.4) is 0 Å². The normalized spacial score (nSPS) is 16.7. The zero-order chi connectivity index (χ0) is 27.6. The van der Waals surface area contributed by atoms with Gasteiger partial charge in [-0.1, -0.05) is 47.5 Å². The summed E-state index contributed by atoms with van der Waals surface area (Å²) in [6, 6.07) is 9.90. The summed E-state index contributed by atoms with van der Waals surface area (Å²) in [5.74, 6) is -0.0869. The van der Waals surface area contributed by atoms with Crippen LogP contribution in [0.4, 0.5) is 11.6 Å². The lowest BCUT2D eigenvalue weighted by atomic mass is 10.1. The first kappa shape index (κ1) is 27.9. The number of carbonyl (C=O) groups excluding carboxylic acids is 1. The first-order valence-electron chi connectivity index (χ1n) is 11.2. The maximum Gasteiger partial charge on any atom is 0.276 e. The lowest BCUT2D eigenvalue weighted by Crippen LogP contribution is -2.38. The molecule has 14 heteroatoms. The molecule has 4 rings (SSSR count). The average molecular weight is 582 g/mol. The summed E-state index contributed by atoms with van der Waals surface area (Å²) in [7, 11) is 0.726. The number of methoxy groups -OCH3 is 1. The van der Waals surface area contributed by atoms with Crippen molar-refractivity contribution in [1.29, 1.82) is 0 Å². The van der Waals surface area contributed by atoms with Gasteiger partial charge in [-0.2, -0.15) is 9.29 Å². The quantitative estimate of drug-likeness (QED) is 0.362. The maximum absolute atomic E-state index is 12.4. The van der Waals surface area contributed by atoms with Crippen molar-refractivity contribution in [2.24, 2.45) is 0 Å². The number of carbonyl (C=O) groups is 1. The van der Waals surface area contributed by atoms with Crippen LogP contribution in [0.2, 0.25) is 10.0 Å². The van der Waals surface area contributed by atoms with Crippen molar-refractivity contribution in [3.05, 3.63) is 69.3 Å². The number of aromatic nitrogens is 2. The number of hydrogen-bond donors (Lipinski definition) is 2. The number of amides is 1. The van der Waals surface area contributed by atoms with Gasteiger partial charge in [0, 0.05) is 13.5 Å². The van der Waals surface area contributed by atoms with E-state index in [2.05, 4.69) is 25.6 Å². The van der Waals surface area contributed by atoms with Crippen molar-refractivity contribution in [2.45, 2.75) is 18.6 Å². The molecule has 11 nitrogen and oxygen atoms in total. The van der Waals surface area contributed by atoms with E-state index in [9.17, 15) is 13.2 Å². The summed E-state index contributed by atoms with van der Waals surface area (Å²) in [6.07, 6.45) is 2.37. The zero-order valence-corrected chi connectivity index (χ0v) is 23.2. The molecule has 202 valence electrons. The number of likely N-dealkylation sites (N-methyl/N-ethyl adjacent to an activating group) is 1. The monoisotopic (exact) mass is 581 g/mol. The number of nitrogens with one attached hydrogen (secondary N) is 2. The Kier molecular flexibility index (Phi) is 8.28. The minimum Gasteiger partial charge on any atom is -0.495 e. The summed E-state index contributed by atoms with van der Waals surface area (Å²) in [5, 5.41) is 3.26. The summed E-state index contributed by atoms with van der Waals surface area (Å²) in [4.78, 5) is 25.4. The fourth-order valence-corrected chi connectivity index (χ4v) is 5.23. The van der Waals surface area contributed by atoms with Crippen LogP contribution in [0.1, 0.15) is 27.5 Å². The van der Waals surface area contributed by atoms with Gasteiger partial charge in [-0.15, -0.1) is 0 Å². The molecule has 0 saturated carbocycles. The van der Waals surface area contributed by atoms with Crippen LogP contribution in [-0.2, 0) is 21.3 Å². The van der Waals surface area contributed by atoms with E-state index >= 15 is 0 Å². The maximum atomic E-state index is 12.4. The largest absolute Gasteiger partial charge is 0.495 e. The molecule has 2 N–H and O–H groups in total. The van der Waals surface area contributed by atoms with E-state index in [1.807, 2.05) is 24.3 Å². The van der Waals surface area contributed by atoms with Crippen molar-refractivity contribution >= 4 is 50.8 Å². The van der Waals surface area contributed by atoms with Gasteiger partial charge in [0.05, 0.1) is 49.0 Å². The van der Waals surface area contributed by atoms with E-state index in [4.69, 9.17) is 32.7 Å². The summed E-state index contributed by atoms with van der Waals surface area (Å²) < 4.78 is 37.7. The third kappa shape index (κ3) is 5.79.